The number of hydrogen-bond donors (Lipinski definition) is 2. The number of aryl methyl sites for hydroxylation is 1. The molecule has 0 fully saturated rings. The maximum Gasteiger partial charge on any atom is 0.315 e. The molecule has 0 spiro atoms. The van der Waals surface area contributed by atoms with E-state index >= 15 is 0 Å². The number of likely N-dealkylation sites (N-methyl/N-ethyl adjacent to an activating group) is 1. The monoisotopic (exact) mass is 347 g/mol. The summed E-state index contributed by atoms with van der Waals surface area (Å²) in [4.78, 5) is 14.2. The lowest BCUT2D eigenvalue weighted by atomic mass is 10.1. The lowest BCUT2D eigenvalue weighted by molar-refractivity contribution is 0.230. The molecule has 2 rings (SSSR count). The van der Waals surface area contributed by atoms with Crippen LogP contribution >= 0.6 is 0 Å². The van der Waals surface area contributed by atoms with E-state index in [1.165, 1.54) is 12.1 Å². The van der Waals surface area contributed by atoms with Crippen LogP contribution in [0.15, 0.2) is 30.5 Å². The maximum atomic E-state index is 13.5. The van der Waals surface area contributed by atoms with Crippen LogP contribution in [0.25, 0.3) is 0 Å². The average molecular weight is 347 g/mol. The lowest BCUT2D eigenvalue weighted by Crippen LogP contribution is -2.41. The van der Waals surface area contributed by atoms with Gasteiger partial charge in [0.2, 0.25) is 0 Å². The van der Waals surface area contributed by atoms with Crippen LogP contribution in [-0.4, -0.2) is 41.4 Å². The van der Waals surface area contributed by atoms with Gasteiger partial charge in [-0.2, -0.15) is 5.10 Å². The number of carbonyl (C=O) groups excluding carboxylic acids is 1. The molecule has 6 nitrogen and oxygen atoms in total. The minimum atomic E-state index is -0.283. The molecule has 0 aliphatic carbocycles. The zero-order chi connectivity index (χ0) is 18.6. The number of nitrogens with one attached hydrogen (secondary N) is 2. The van der Waals surface area contributed by atoms with Crippen LogP contribution in [-0.2, 0) is 7.05 Å². The molecule has 7 heteroatoms. The number of hydrogen-bond acceptors (Lipinski definition) is 3. The molecule has 1 aromatic heterocycles. The minimum absolute atomic E-state index is 0.114. The molecule has 2 unspecified atom stereocenters. The molecule has 136 valence electrons. The number of amides is 2. The highest BCUT2D eigenvalue weighted by Crippen LogP contribution is 2.19. The maximum absolute atomic E-state index is 13.5. The van der Waals surface area contributed by atoms with Gasteiger partial charge in [-0.05, 0) is 45.6 Å². The van der Waals surface area contributed by atoms with Crippen LogP contribution in [0.1, 0.15) is 35.8 Å². The fraction of sp³-hybridized carbons (Fsp3) is 0.444. The van der Waals surface area contributed by atoms with Crippen LogP contribution in [0.5, 0.6) is 0 Å². The van der Waals surface area contributed by atoms with Crippen molar-refractivity contribution in [2.24, 2.45) is 7.05 Å². The third-order valence-electron chi connectivity index (χ3n) is 4.40. The topological polar surface area (TPSA) is 62.2 Å². The number of urea groups is 1. The molecule has 1 heterocycles. The summed E-state index contributed by atoms with van der Waals surface area (Å²) >= 11 is 0. The molecule has 2 N–H and O–H groups in total. The molecule has 0 bridgehead atoms. The van der Waals surface area contributed by atoms with E-state index in [4.69, 9.17) is 0 Å². The molecule has 1 aromatic carbocycles. The number of carbonyl (C=O) groups is 1. The average Bonchev–Trinajstić information content (AvgIpc) is 2.87. The van der Waals surface area contributed by atoms with E-state index in [0.29, 0.717) is 6.54 Å². The molecule has 0 aliphatic rings. The first-order valence-electron chi connectivity index (χ1n) is 8.24. The number of nitrogens with zero attached hydrogens (tertiary/aromatic N) is 3. The van der Waals surface area contributed by atoms with Crippen molar-refractivity contribution >= 4 is 6.03 Å². The molecule has 0 aliphatic heterocycles. The predicted molar refractivity (Wildman–Crippen MR) is 95.7 cm³/mol. The fourth-order valence-electron chi connectivity index (χ4n) is 2.77. The zero-order valence-corrected chi connectivity index (χ0v) is 15.4. The molecule has 2 atom stereocenters. The van der Waals surface area contributed by atoms with Crippen LogP contribution in [0.3, 0.4) is 0 Å². The fourth-order valence-corrected chi connectivity index (χ4v) is 2.77. The Bertz CT molecular complexity index is 728. The number of aromatic nitrogens is 2. The first-order chi connectivity index (χ1) is 11.8. The molecular formula is C18H26FN5O. The van der Waals surface area contributed by atoms with E-state index in [-0.39, 0.29) is 23.9 Å². The minimum Gasteiger partial charge on any atom is -0.336 e. The van der Waals surface area contributed by atoms with E-state index in [0.717, 1.165) is 16.8 Å². The molecule has 2 amide bonds. The SMILES string of the molecule is Cc1c(C(C)NC(=O)NCC(c2cccc(F)c2)N(C)C)cnn1C. The van der Waals surface area contributed by atoms with Gasteiger partial charge >= 0.3 is 6.03 Å². The smallest absolute Gasteiger partial charge is 0.315 e. The van der Waals surface area contributed by atoms with Gasteiger partial charge in [0, 0.05) is 24.8 Å². The molecular weight excluding hydrogens is 321 g/mol. The zero-order valence-electron chi connectivity index (χ0n) is 15.4. The van der Waals surface area contributed by atoms with Crippen LogP contribution in [0.4, 0.5) is 9.18 Å². The highest BCUT2D eigenvalue weighted by Gasteiger charge is 2.18. The Morgan fingerprint density at radius 3 is 2.68 bits per heavy atom. The summed E-state index contributed by atoms with van der Waals surface area (Å²) in [5, 5.41) is 9.97. The van der Waals surface area contributed by atoms with Gasteiger partial charge in [-0.3, -0.25) is 4.68 Å². The largest absolute Gasteiger partial charge is 0.336 e. The Kier molecular flexibility index (Phi) is 6.14. The van der Waals surface area contributed by atoms with Gasteiger partial charge in [-0.1, -0.05) is 12.1 Å². The van der Waals surface area contributed by atoms with E-state index in [9.17, 15) is 9.18 Å². The summed E-state index contributed by atoms with van der Waals surface area (Å²) in [6.07, 6.45) is 1.76. The Balaban J connectivity index is 1.96. The standard InChI is InChI=1S/C18H26FN5O/c1-12(16-10-21-24(5)13(16)2)22-18(25)20-11-17(23(3)4)14-7-6-8-15(19)9-14/h6-10,12,17H,11H2,1-5H3,(H2,20,22,25). The van der Waals surface area contributed by atoms with Gasteiger partial charge in [0.15, 0.2) is 0 Å². The van der Waals surface area contributed by atoms with Crippen molar-refractivity contribution in [3.8, 4) is 0 Å². The van der Waals surface area contributed by atoms with Crippen molar-refractivity contribution in [3.63, 3.8) is 0 Å². The van der Waals surface area contributed by atoms with Crippen molar-refractivity contribution < 1.29 is 9.18 Å². The Hall–Kier alpha value is -2.41. The van der Waals surface area contributed by atoms with Gasteiger partial charge in [-0.15, -0.1) is 0 Å². The van der Waals surface area contributed by atoms with Crippen molar-refractivity contribution in [2.45, 2.75) is 25.9 Å². The van der Waals surface area contributed by atoms with E-state index in [2.05, 4.69) is 15.7 Å². The van der Waals surface area contributed by atoms with Crippen molar-refractivity contribution in [2.75, 3.05) is 20.6 Å². The molecule has 0 saturated heterocycles. The van der Waals surface area contributed by atoms with Gasteiger partial charge in [0.25, 0.3) is 0 Å². The Labute approximate surface area is 148 Å². The van der Waals surface area contributed by atoms with Crippen molar-refractivity contribution in [3.05, 3.63) is 53.1 Å². The number of benzene rings is 1. The lowest BCUT2D eigenvalue weighted by Gasteiger charge is -2.25. The van der Waals surface area contributed by atoms with Crippen LogP contribution in [0, 0.1) is 12.7 Å². The first kappa shape index (κ1) is 18.9. The predicted octanol–water partition coefficient (Wildman–Crippen LogP) is 2.53. The van der Waals surface area contributed by atoms with Crippen molar-refractivity contribution in [1.29, 1.82) is 0 Å². The number of halogens is 1. The molecule has 25 heavy (non-hydrogen) atoms. The first-order valence-corrected chi connectivity index (χ1v) is 8.24. The van der Waals surface area contributed by atoms with Crippen LogP contribution in [0.2, 0.25) is 0 Å². The van der Waals surface area contributed by atoms with Crippen molar-refractivity contribution in [1.82, 2.24) is 25.3 Å². The summed E-state index contributed by atoms with van der Waals surface area (Å²) in [6.45, 7) is 4.26. The normalized spacial score (nSPS) is 13.6. The molecule has 0 radical (unpaired) electrons. The van der Waals surface area contributed by atoms with Gasteiger partial charge in [0.1, 0.15) is 5.82 Å². The second kappa shape index (κ2) is 8.11. The van der Waals surface area contributed by atoms with Gasteiger partial charge in [0.05, 0.1) is 18.3 Å². The Morgan fingerprint density at radius 1 is 1.40 bits per heavy atom. The van der Waals surface area contributed by atoms with E-state index < -0.39 is 0 Å². The summed E-state index contributed by atoms with van der Waals surface area (Å²) < 4.78 is 15.2. The second-order valence-corrected chi connectivity index (χ2v) is 6.42. The summed E-state index contributed by atoms with van der Waals surface area (Å²) in [7, 11) is 5.67. The molecule has 0 saturated carbocycles. The highest BCUT2D eigenvalue weighted by atomic mass is 19.1. The Morgan fingerprint density at radius 2 is 2.12 bits per heavy atom. The third-order valence-corrected chi connectivity index (χ3v) is 4.40. The summed E-state index contributed by atoms with van der Waals surface area (Å²) in [6, 6.07) is 5.90. The van der Waals surface area contributed by atoms with E-state index in [1.807, 2.05) is 46.0 Å². The molecule has 2 aromatic rings. The van der Waals surface area contributed by atoms with Gasteiger partial charge < -0.3 is 15.5 Å². The number of rotatable bonds is 6. The van der Waals surface area contributed by atoms with E-state index in [1.54, 1.807) is 16.9 Å². The quantitative estimate of drug-likeness (QED) is 0.844. The third kappa shape index (κ3) is 4.79. The second-order valence-electron chi connectivity index (χ2n) is 6.42. The van der Waals surface area contributed by atoms with Crippen LogP contribution < -0.4 is 10.6 Å². The summed E-state index contributed by atoms with van der Waals surface area (Å²) in [5.41, 5.74) is 2.81. The summed E-state index contributed by atoms with van der Waals surface area (Å²) in [5.74, 6) is -0.283. The van der Waals surface area contributed by atoms with Gasteiger partial charge in [-0.25, -0.2) is 9.18 Å². The highest BCUT2D eigenvalue weighted by molar-refractivity contribution is 5.74.